The maximum Gasteiger partial charge on any atom is 0.220 e. The fourth-order valence-corrected chi connectivity index (χ4v) is 4.21. The zero-order valence-electron chi connectivity index (χ0n) is 14.5. The smallest absolute Gasteiger partial charge is 0.220 e. The average molecular weight is 371 g/mol. The molecule has 0 saturated heterocycles. The Hall–Kier alpha value is -1.98. The number of thiazole rings is 1. The molecule has 0 fully saturated rings. The number of rotatable bonds is 7. The predicted molar refractivity (Wildman–Crippen MR) is 106 cm³/mol. The van der Waals surface area contributed by atoms with Gasteiger partial charge in [0.15, 0.2) is 0 Å². The number of hydrogen-bond donors (Lipinski definition) is 1. The van der Waals surface area contributed by atoms with Gasteiger partial charge < -0.3 is 5.32 Å². The van der Waals surface area contributed by atoms with Crippen LogP contribution in [0.25, 0.3) is 10.6 Å². The van der Waals surface area contributed by atoms with Gasteiger partial charge in [-0.1, -0.05) is 29.8 Å². The highest BCUT2D eigenvalue weighted by molar-refractivity contribution is 7.16. The summed E-state index contributed by atoms with van der Waals surface area (Å²) < 4.78 is 0. The van der Waals surface area contributed by atoms with Crippen LogP contribution in [0.1, 0.15) is 27.4 Å². The van der Waals surface area contributed by atoms with Gasteiger partial charge in [0.25, 0.3) is 0 Å². The molecular weight excluding hydrogens is 348 g/mol. The van der Waals surface area contributed by atoms with Crippen LogP contribution in [0.3, 0.4) is 0 Å². The first-order chi connectivity index (χ1) is 12.1. The van der Waals surface area contributed by atoms with E-state index in [4.69, 9.17) is 0 Å². The van der Waals surface area contributed by atoms with Gasteiger partial charge in [-0.3, -0.25) is 4.79 Å². The lowest BCUT2D eigenvalue weighted by Crippen LogP contribution is -2.25. The number of nitrogens with one attached hydrogen (secondary N) is 1. The molecule has 1 aromatic carbocycles. The third-order valence-corrected chi connectivity index (χ3v) is 5.93. The van der Waals surface area contributed by atoms with E-state index in [1.807, 2.05) is 6.92 Å². The molecule has 1 N–H and O–H groups in total. The van der Waals surface area contributed by atoms with Crippen LogP contribution in [0, 0.1) is 13.8 Å². The van der Waals surface area contributed by atoms with Crippen molar-refractivity contribution in [3.05, 3.63) is 62.8 Å². The van der Waals surface area contributed by atoms with E-state index in [1.165, 1.54) is 20.9 Å². The van der Waals surface area contributed by atoms with E-state index in [-0.39, 0.29) is 5.91 Å². The zero-order chi connectivity index (χ0) is 17.6. The molecule has 0 unspecified atom stereocenters. The standard InChI is InChI=1S/C20H22N2OS2/c1-14-3-5-16(6-4-14)7-10-20(23)21-12-11-17-8-9-19(25-17)18-13-24-15(2)22-18/h3-6,8-9,13H,7,10-12H2,1-2H3,(H,21,23). The molecule has 5 heteroatoms. The Bertz CT molecular complexity index is 834. The summed E-state index contributed by atoms with van der Waals surface area (Å²) in [4.78, 5) is 19.0. The minimum absolute atomic E-state index is 0.118. The molecule has 130 valence electrons. The van der Waals surface area contributed by atoms with E-state index in [0.29, 0.717) is 13.0 Å². The number of hydrogen-bond acceptors (Lipinski definition) is 4. The molecule has 3 rings (SSSR count). The van der Waals surface area contributed by atoms with Crippen molar-refractivity contribution in [3.63, 3.8) is 0 Å². The van der Waals surface area contributed by atoms with Crippen molar-refractivity contribution in [2.45, 2.75) is 33.1 Å². The van der Waals surface area contributed by atoms with E-state index in [2.05, 4.69) is 59.0 Å². The minimum Gasteiger partial charge on any atom is -0.356 e. The number of nitrogens with zero attached hydrogens (tertiary/aromatic N) is 1. The summed E-state index contributed by atoms with van der Waals surface area (Å²) in [5, 5.41) is 6.20. The first kappa shape index (κ1) is 17.8. The lowest BCUT2D eigenvalue weighted by Gasteiger charge is -2.05. The highest BCUT2D eigenvalue weighted by Crippen LogP contribution is 2.29. The summed E-state index contributed by atoms with van der Waals surface area (Å²) in [6.07, 6.45) is 2.19. The molecule has 0 spiro atoms. The van der Waals surface area contributed by atoms with Gasteiger partial charge in [-0.05, 0) is 44.4 Å². The predicted octanol–water partition coefficient (Wildman–Crippen LogP) is 4.78. The second kappa shape index (κ2) is 8.41. The SMILES string of the molecule is Cc1ccc(CCC(=O)NCCc2ccc(-c3csc(C)n3)s2)cc1. The molecule has 0 aliphatic carbocycles. The van der Waals surface area contributed by atoms with E-state index in [0.717, 1.165) is 23.5 Å². The van der Waals surface area contributed by atoms with Crippen molar-refractivity contribution < 1.29 is 4.79 Å². The lowest BCUT2D eigenvalue weighted by atomic mass is 10.1. The third kappa shape index (κ3) is 5.25. The van der Waals surface area contributed by atoms with Crippen LogP contribution in [0.5, 0.6) is 0 Å². The van der Waals surface area contributed by atoms with Gasteiger partial charge in [0.05, 0.1) is 15.6 Å². The van der Waals surface area contributed by atoms with Crippen molar-refractivity contribution >= 4 is 28.6 Å². The van der Waals surface area contributed by atoms with Crippen molar-refractivity contribution in [1.82, 2.24) is 10.3 Å². The second-order valence-corrected chi connectivity index (χ2v) is 8.33. The first-order valence-electron chi connectivity index (χ1n) is 8.43. The number of carbonyl (C=O) groups is 1. The normalized spacial score (nSPS) is 10.8. The fraction of sp³-hybridized carbons (Fsp3) is 0.300. The van der Waals surface area contributed by atoms with Crippen LogP contribution >= 0.6 is 22.7 Å². The first-order valence-corrected chi connectivity index (χ1v) is 10.1. The Kier molecular flexibility index (Phi) is 6.00. The number of benzene rings is 1. The molecule has 3 nitrogen and oxygen atoms in total. The summed E-state index contributed by atoms with van der Waals surface area (Å²) in [5.74, 6) is 0.118. The van der Waals surface area contributed by atoms with Crippen molar-refractivity contribution in [2.75, 3.05) is 6.54 Å². The molecule has 0 saturated carbocycles. The maximum atomic E-state index is 12.0. The summed E-state index contributed by atoms with van der Waals surface area (Å²) in [7, 11) is 0. The Morgan fingerprint density at radius 2 is 1.88 bits per heavy atom. The average Bonchev–Trinajstić information content (AvgIpc) is 3.23. The van der Waals surface area contributed by atoms with E-state index in [9.17, 15) is 4.79 Å². The third-order valence-electron chi connectivity index (χ3n) is 3.99. The molecule has 2 heterocycles. The second-order valence-electron chi connectivity index (χ2n) is 6.10. The van der Waals surface area contributed by atoms with E-state index < -0.39 is 0 Å². The van der Waals surface area contributed by atoms with Crippen LogP contribution in [0.15, 0.2) is 41.8 Å². The molecule has 0 atom stereocenters. The van der Waals surface area contributed by atoms with E-state index in [1.54, 1.807) is 22.7 Å². The highest BCUT2D eigenvalue weighted by atomic mass is 32.1. The van der Waals surface area contributed by atoms with Gasteiger partial charge in [0.1, 0.15) is 0 Å². The molecule has 2 aromatic heterocycles. The molecule has 0 bridgehead atoms. The molecular formula is C20H22N2OS2. The summed E-state index contributed by atoms with van der Waals surface area (Å²) in [6.45, 7) is 4.78. The number of amides is 1. The van der Waals surface area contributed by atoms with Gasteiger partial charge in [-0.15, -0.1) is 22.7 Å². The van der Waals surface area contributed by atoms with Gasteiger partial charge in [0.2, 0.25) is 5.91 Å². The quantitative estimate of drug-likeness (QED) is 0.650. The topological polar surface area (TPSA) is 42.0 Å². The Morgan fingerprint density at radius 1 is 1.08 bits per heavy atom. The number of aromatic nitrogens is 1. The van der Waals surface area contributed by atoms with Crippen LogP contribution < -0.4 is 5.32 Å². The van der Waals surface area contributed by atoms with Crippen molar-refractivity contribution in [1.29, 1.82) is 0 Å². The summed E-state index contributed by atoms with van der Waals surface area (Å²) in [6, 6.07) is 12.6. The Labute approximate surface area is 156 Å². The highest BCUT2D eigenvalue weighted by Gasteiger charge is 2.07. The Morgan fingerprint density at radius 3 is 2.60 bits per heavy atom. The number of aryl methyl sites for hydroxylation is 3. The summed E-state index contributed by atoms with van der Waals surface area (Å²) >= 11 is 3.43. The van der Waals surface area contributed by atoms with Gasteiger partial charge in [-0.2, -0.15) is 0 Å². The molecule has 0 aliphatic rings. The van der Waals surface area contributed by atoms with Crippen LogP contribution in [-0.4, -0.2) is 17.4 Å². The molecule has 0 radical (unpaired) electrons. The van der Waals surface area contributed by atoms with Crippen LogP contribution in [0.4, 0.5) is 0 Å². The summed E-state index contributed by atoms with van der Waals surface area (Å²) in [5.41, 5.74) is 3.51. The van der Waals surface area contributed by atoms with Gasteiger partial charge in [0, 0.05) is 23.2 Å². The Balaban J connectivity index is 1.41. The van der Waals surface area contributed by atoms with Gasteiger partial charge in [-0.25, -0.2) is 4.98 Å². The van der Waals surface area contributed by atoms with Crippen LogP contribution in [-0.2, 0) is 17.6 Å². The van der Waals surface area contributed by atoms with Crippen molar-refractivity contribution in [2.24, 2.45) is 0 Å². The minimum atomic E-state index is 0.118. The maximum absolute atomic E-state index is 12.0. The van der Waals surface area contributed by atoms with Crippen LogP contribution in [0.2, 0.25) is 0 Å². The molecule has 25 heavy (non-hydrogen) atoms. The van der Waals surface area contributed by atoms with Gasteiger partial charge >= 0.3 is 0 Å². The monoisotopic (exact) mass is 370 g/mol. The molecule has 1 amide bonds. The fourth-order valence-electron chi connectivity index (χ4n) is 2.55. The number of thiophene rings is 1. The molecule has 3 aromatic rings. The number of carbonyl (C=O) groups excluding carboxylic acids is 1. The largest absolute Gasteiger partial charge is 0.356 e. The van der Waals surface area contributed by atoms with Crippen molar-refractivity contribution in [3.8, 4) is 10.6 Å². The lowest BCUT2D eigenvalue weighted by molar-refractivity contribution is -0.121. The van der Waals surface area contributed by atoms with E-state index >= 15 is 0 Å². The molecule has 0 aliphatic heterocycles. The zero-order valence-corrected chi connectivity index (χ0v) is 16.2.